The van der Waals surface area contributed by atoms with E-state index in [1.54, 1.807) is 19.4 Å². The highest BCUT2D eigenvalue weighted by Crippen LogP contribution is 2.37. The molecule has 0 saturated carbocycles. The van der Waals surface area contributed by atoms with Gasteiger partial charge < -0.3 is 20.1 Å². The van der Waals surface area contributed by atoms with Gasteiger partial charge in [-0.05, 0) is 38.5 Å². The first kappa shape index (κ1) is 20.6. The fourth-order valence-electron chi connectivity index (χ4n) is 3.91. The largest absolute Gasteiger partial charge is 0.368 e. The van der Waals surface area contributed by atoms with Gasteiger partial charge >= 0.3 is 6.01 Å². The highest BCUT2D eigenvalue weighted by Gasteiger charge is 2.25. The van der Waals surface area contributed by atoms with Crippen LogP contribution in [0.2, 0.25) is 0 Å². The second kappa shape index (κ2) is 7.70. The van der Waals surface area contributed by atoms with Crippen LogP contribution in [0.3, 0.4) is 0 Å². The van der Waals surface area contributed by atoms with Crippen molar-refractivity contribution in [2.24, 2.45) is 0 Å². The number of imidazole rings is 1. The molecule has 0 radical (unpaired) electrons. The van der Waals surface area contributed by atoms with Gasteiger partial charge in [-0.3, -0.25) is 0 Å². The summed E-state index contributed by atoms with van der Waals surface area (Å²) in [5, 5.41) is 7.02. The first-order valence-electron chi connectivity index (χ1n) is 10.6. The van der Waals surface area contributed by atoms with Crippen LogP contribution in [0.15, 0.2) is 59.4 Å². The summed E-state index contributed by atoms with van der Waals surface area (Å²) < 4.78 is 7.51. The van der Waals surface area contributed by atoms with E-state index < -0.39 is 0 Å². The average molecular weight is 441 g/mol. The summed E-state index contributed by atoms with van der Waals surface area (Å²) in [7, 11) is 1.74. The number of anilines is 2. The molecule has 0 saturated heterocycles. The minimum Gasteiger partial charge on any atom is -0.368 e. The molecule has 0 aliphatic carbocycles. The third-order valence-corrected chi connectivity index (χ3v) is 5.38. The highest BCUT2D eigenvalue weighted by atomic mass is 16.5. The molecule has 0 fully saturated rings. The zero-order valence-corrected chi connectivity index (χ0v) is 18.9. The number of hydrogen-bond donors (Lipinski definition) is 2. The van der Waals surface area contributed by atoms with Crippen molar-refractivity contribution in [1.29, 1.82) is 0 Å². The van der Waals surface area contributed by atoms with Crippen molar-refractivity contribution in [3.8, 4) is 33.9 Å². The predicted octanol–water partition coefficient (Wildman–Crippen LogP) is 4.59. The summed E-state index contributed by atoms with van der Waals surface area (Å²) in [5.74, 6) is 1.58. The smallest absolute Gasteiger partial charge is 0.321 e. The first-order valence-corrected chi connectivity index (χ1v) is 10.6. The van der Waals surface area contributed by atoms with Crippen LogP contribution in [0.1, 0.15) is 20.8 Å². The molecule has 166 valence electrons. The number of aromatic nitrogens is 6. The molecule has 3 N–H and O–H groups in total. The van der Waals surface area contributed by atoms with Crippen molar-refractivity contribution >= 4 is 23.0 Å². The normalized spacial score (nSPS) is 11.8. The third kappa shape index (κ3) is 3.67. The predicted molar refractivity (Wildman–Crippen MR) is 128 cm³/mol. The lowest BCUT2D eigenvalue weighted by molar-refractivity contribution is 0.413. The molecule has 3 aromatic heterocycles. The van der Waals surface area contributed by atoms with Crippen molar-refractivity contribution in [3.05, 3.63) is 54.9 Å². The van der Waals surface area contributed by atoms with Gasteiger partial charge in [0.1, 0.15) is 5.82 Å². The van der Waals surface area contributed by atoms with Gasteiger partial charge in [0.05, 0.1) is 11.0 Å². The maximum Gasteiger partial charge on any atom is 0.321 e. The Morgan fingerprint density at radius 2 is 1.67 bits per heavy atom. The molecule has 0 unspecified atom stereocenters. The zero-order valence-electron chi connectivity index (χ0n) is 18.9. The van der Waals surface area contributed by atoms with Gasteiger partial charge in [0.25, 0.3) is 0 Å². The summed E-state index contributed by atoms with van der Waals surface area (Å²) in [6.45, 7) is 6.49. The number of benzene rings is 2. The van der Waals surface area contributed by atoms with Gasteiger partial charge in [-0.1, -0.05) is 35.5 Å². The van der Waals surface area contributed by atoms with Crippen LogP contribution in [-0.4, -0.2) is 36.7 Å². The summed E-state index contributed by atoms with van der Waals surface area (Å²) in [6, 6.07) is 14.5. The van der Waals surface area contributed by atoms with Crippen LogP contribution in [0.4, 0.5) is 12.0 Å². The maximum atomic E-state index is 5.64. The lowest BCUT2D eigenvalue weighted by atomic mass is 10.0. The number of nitrogens with two attached hydrogens (primary N) is 1. The minimum atomic E-state index is -0.226. The van der Waals surface area contributed by atoms with E-state index >= 15 is 0 Å². The minimum absolute atomic E-state index is 0.226. The molecule has 0 aliphatic heterocycles. The molecule has 3 heterocycles. The Bertz CT molecular complexity index is 1440. The maximum absolute atomic E-state index is 5.64. The Hall–Kier alpha value is -4.27. The molecule has 9 heteroatoms. The van der Waals surface area contributed by atoms with E-state index in [1.165, 1.54) is 0 Å². The SMILES string of the molecule is CNc1nc(-c2ccccc2-c2nc3cc(-c4cnc(N)nc4)ccc3n2C(C)(C)C)no1. The van der Waals surface area contributed by atoms with Gasteiger partial charge in [-0.15, -0.1) is 0 Å². The average Bonchev–Trinajstić information content (AvgIpc) is 3.43. The van der Waals surface area contributed by atoms with E-state index in [-0.39, 0.29) is 11.5 Å². The van der Waals surface area contributed by atoms with E-state index in [2.05, 4.69) is 62.9 Å². The highest BCUT2D eigenvalue weighted by molar-refractivity contribution is 5.88. The standard InChI is InChI=1S/C24H24N8O/c1-24(2,3)32-19-10-9-14(15-12-27-22(25)28-13-15)11-18(19)29-21(32)17-8-6-5-7-16(17)20-30-23(26-4)33-31-20/h5-13H,1-4H3,(H2,25,27,28)(H,26,30,31). The van der Waals surface area contributed by atoms with E-state index in [4.69, 9.17) is 15.2 Å². The molecule has 0 bridgehead atoms. The van der Waals surface area contributed by atoms with Gasteiger partial charge in [0.15, 0.2) is 0 Å². The van der Waals surface area contributed by atoms with E-state index in [1.807, 2.05) is 30.3 Å². The van der Waals surface area contributed by atoms with Gasteiger partial charge in [0, 0.05) is 41.7 Å². The molecule has 5 aromatic rings. The molecule has 33 heavy (non-hydrogen) atoms. The van der Waals surface area contributed by atoms with E-state index in [0.29, 0.717) is 11.8 Å². The topological polar surface area (TPSA) is 121 Å². The summed E-state index contributed by atoms with van der Waals surface area (Å²) in [4.78, 5) is 17.7. The Morgan fingerprint density at radius 1 is 0.939 bits per heavy atom. The number of nitrogens with zero attached hydrogens (tertiary/aromatic N) is 6. The summed E-state index contributed by atoms with van der Waals surface area (Å²) in [6.07, 6.45) is 3.44. The summed E-state index contributed by atoms with van der Waals surface area (Å²) >= 11 is 0. The van der Waals surface area contributed by atoms with Crippen LogP contribution in [0, 0.1) is 0 Å². The van der Waals surface area contributed by atoms with Crippen LogP contribution >= 0.6 is 0 Å². The lowest BCUT2D eigenvalue weighted by Gasteiger charge is -2.25. The molecule has 0 amide bonds. The Morgan fingerprint density at radius 3 is 2.33 bits per heavy atom. The Kier molecular flexibility index (Phi) is 4.81. The second-order valence-corrected chi connectivity index (χ2v) is 8.69. The van der Waals surface area contributed by atoms with Crippen molar-refractivity contribution in [2.75, 3.05) is 18.1 Å². The Balaban J connectivity index is 1.72. The van der Waals surface area contributed by atoms with Crippen molar-refractivity contribution in [1.82, 2.24) is 29.7 Å². The summed E-state index contributed by atoms with van der Waals surface area (Å²) in [5.41, 5.74) is 10.9. The molecule has 0 atom stereocenters. The van der Waals surface area contributed by atoms with E-state index in [0.717, 1.165) is 39.1 Å². The van der Waals surface area contributed by atoms with Gasteiger partial charge in [-0.2, -0.15) is 4.98 Å². The molecule has 2 aromatic carbocycles. The first-order chi connectivity index (χ1) is 15.8. The number of nitrogens with one attached hydrogen (secondary N) is 1. The van der Waals surface area contributed by atoms with E-state index in [9.17, 15) is 0 Å². The Labute approximate surface area is 190 Å². The van der Waals surface area contributed by atoms with Crippen LogP contribution in [0.25, 0.3) is 44.9 Å². The van der Waals surface area contributed by atoms with Crippen molar-refractivity contribution in [2.45, 2.75) is 26.3 Å². The number of rotatable bonds is 4. The van der Waals surface area contributed by atoms with Crippen molar-refractivity contribution in [3.63, 3.8) is 0 Å². The van der Waals surface area contributed by atoms with Gasteiger partial charge in [-0.25, -0.2) is 15.0 Å². The second-order valence-electron chi connectivity index (χ2n) is 8.69. The van der Waals surface area contributed by atoms with Crippen molar-refractivity contribution < 1.29 is 4.52 Å². The molecule has 9 nitrogen and oxygen atoms in total. The molecule has 0 spiro atoms. The monoisotopic (exact) mass is 440 g/mol. The fourth-order valence-corrected chi connectivity index (χ4v) is 3.91. The molecular formula is C24H24N8O. The number of fused-ring (bicyclic) bond motifs is 1. The van der Waals surface area contributed by atoms with Crippen LogP contribution in [-0.2, 0) is 5.54 Å². The van der Waals surface area contributed by atoms with Crippen LogP contribution in [0.5, 0.6) is 0 Å². The fraction of sp³-hybridized carbons (Fsp3) is 0.208. The quantitative estimate of drug-likeness (QED) is 0.416. The van der Waals surface area contributed by atoms with Gasteiger partial charge in [0.2, 0.25) is 11.8 Å². The molecule has 0 aliphatic rings. The zero-order chi connectivity index (χ0) is 23.2. The number of nitrogen functional groups attached to an aromatic ring is 1. The van der Waals surface area contributed by atoms with Crippen LogP contribution < -0.4 is 11.1 Å². The molecular weight excluding hydrogens is 416 g/mol. The third-order valence-electron chi connectivity index (χ3n) is 5.38. The number of hydrogen-bond acceptors (Lipinski definition) is 8. The lowest BCUT2D eigenvalue weighted by Crippen LogP contribution is -2.22. The molecule has 5 rings (SSSR count).